The van der Waals surface area contributed by atoms with E-state index >= 15 is 0 Å². The van der Waals surface area contributed by atoms with Crippen molar-refractivity contribution < 1.29 is 18.0 Å². The zero-order valence-electron chi connectivity index (χ0n) is 24.6. The van der Waals surface area contributed by atoms with E-state index in [-0.39, 0.29) is 23.4 Å². The fraction of sp³-hybridized carbons (Fsp3) is 0.375. The van der Waals surface area contributed by atoms with Crippen molar-refractivity contribution in [3.63, 3.8) is 0 Å². The molecule has 0 unspecified atom stereocenters. The Morgan fingerprint density at radius 3 is 2.00 bits per heavy atom. The summed E-state index contributed by atoms with van der Waals surface area (Å²) in [5.74, 6) is -0.750. The molecule has 0 fully saturated rings. The lowest BCUT2D eigenvalue weighted by atomic mass is 10.1. The average molecular weight is 598 g/mol. The molecule has 9 heteroatoms. The molecule has 0 spiro atoms. The quantitative estimate of drug-likeness (QED) is 0.270. The van der Waals surface area contributed by atoms with Crippen molar-refractivity contribution in [1.29, 1.82) is 0 Å². The van der Waals surface area contributed by atoms with E-state index in [9.17, 15) is 18.0 Å². The van der Waals surface area contributed by atoms with Crippen molar-refractivity contribution >= 4 is 39.1 Å². The third kappa shape index (κ3) is 8.11. The summed E-state index contributed by atoms with van der Waals surface area (Å²) in [4.78, 5) is 29.1. The van der Waals surface area contributed by atoms with Crippen molar-refractivity contribution in [2.75, 3.05) is 10.8 Å². The standard InChI is InChI=1S/C32H40ClN3O4S/c1-7-25(6)34-32(38)29(8-2)35(20-26-13-9-22(3)10-14-26)31(37)21-36(30-18-15-27(33)19-24(30)5)41(39,40)28-16-11-23(4)12-17-28/h9-19,25,29H,7-8,20-21H2,1-6H3,(H,34,38)/t25-,29-/m0/s1. The fourth-order valence-electron chi connectivity index (χ4n) is 4.50. The topological polar surface area (TPSA) is 86.8 Å². The normalized spacial score (nSPS) is 12.9. The van der Waals surface area contributed by atoms with Crippen LogP contribution in [0.3, 0.4) is 0 Å². The number of benzene rings is 3. The summed E-state index contributed by atoms with van der Waals surface area (Å²) in [6.07, 6.45) is 1.11. The van der Waals surface area contributed by atoms with Gasteiger partial charge in [0.25, 0.3) is 10.0 Å². The first kappa shape index (κ1) is 32.2. The van der Waals surface area contributed by atoms with Crippen molar-refractivity contribution in [3.05, 3.63) is 94.0 Å². The summed E-state index contributed by atoms with van der Waals surface area (Å²) in [5.41, 5.74) is 3.77. The number of anilines is 1. The van der Waals surface area contributed by atoms with Gasteiger partial charge in [0.15, 0.2) is 0 Å². The lowest BCUT2D eigenvalue weighted by Crippen LogP contribution is -2.53. The molecule has 3 aromatic carbocycles. The maximum atomic E-state index is 14.2. The first-order valence-corrected chi connectivity index (χ1v) is 15.7. The average Bonchev–Trinajstić information content (AvgIpc) is 2.93. The highest BCUT2D eigenvalue weighted by Crippen LogP contribution is 2.29. The van der Waals surface area contributed by atoms with Crippen LogP contribution >= 0.6 is 11.6 Å². The molecule has 0 aliphatic heterocycles. The molecule has 0 aliphatic rings. The Bertz CT molecular complexity index is 1460. The minimum absolute atomic E-state index is 0.0666. The first-order chi connectivity index (χ1) is 19.4. The fourth-order valence-corrected chi connectivity index (χ4v) is 6.21. The summed E-state index contributed by atoms with van der Waals surface area (Å²) < 4.78 is 29.2. The molecule has 2 atom stereocenters. The third-order valence-electron chi connectivity index (χ3n) is 7.18. The largest absolute Gasteiger partial charge is 0.352 e. The Hall–Kier alpha value is -3.36. The van der Waals surface area contributed by atoms with E-state index in [4.69, 9.17) is 11.6 Å². The van der Waals surface area contributed by atoms with Crippen LogP contribution in [0.1, 0.15) is 55.9 Å². The van der Waals surface area contributed by atoms with Gasteiger partial charge in [0.2, 0.25) is 11.8 Å². The Labute approximate surface area is 249 Å². The molecule has 0 heterocycles. The number of nitrogens with zero attached hydrogens (tertiary/aromatic N) is 2. The van der Waals surface area contributed by atoms with Crippen LogP contribution in [0.25, 0.3) is 0 Å². The molecule has 1 N–H and O–H groups in total. The van der Waals surface area contributed by atoms with Crippen LogP contribution in [0.15, 0.2) is 71.6 Å². The second-order valence-corrected chi connectivity index (χ2v) is 12.8. The summed E-state index contributed by atoms with van der Waals surface area (Å²) in [6.45, 7) is 11.0. The second-order valence-electron chi connectivity index (χ2n) is 10.5. The molecular formula is C32H40ClN3O4S. The second kappa shape index (κ2) is 14.0. The van der Waals surface area contributed by atoms with Crippen LogP contribution in [0.4, 0.5) is 5.69 Å². The van der Waals surface area contributed by atoms with E-state index in [1.807, 2.05) is 58.9 Å². The van der Waals surface area contributed by atoms with Crippen LogP contribution < -0.4 is 9.62 Å². The van der Waals surface area contributed by atoms with Crippen molar-refractivity contribution in [3.8, 4) is 0 Å². The van der Waals surface area contributed by atoms with Crippen molar-refractivity contribution in [1.82, 2.24) is 10.2 Å². The summed E-state index contributed by atoms with van der Waals surface area (Å²) in [7, 11) is -4.15. The van der Waals surface area contributed by atoms with Gasteiger partial charge in [-0.15, -0.1) is 0 Å². The monoisotopic (exact) mass is 597 g/mol. The molecule has 0 aliphatic carbocycles. The highest BCUT2D eigenvalue weighted by atomic mass is 35.5. The molecule has 220 valence electrons. The molecule has 7 nitrogen and oxygen atoms in total. The summed E-state index contributed by atoms with van der Waals surface area (Å²) in [6, 6.07) is 18.3. The first-order valence-electron chi connectivity index (χ1n) is 13.9. The van der Waals surface area contributed by atoms with Gasteiger partial charge in [-0.25, -0.2) is 8.42 Å². The van der Waals surface area contributed by atoms with Crippen LogP contribution in [-0.2, 0) is 26.2 Å². The Kier molecular flexibility index (Phi) is 11.0. The van der Waals surface area contributed by atoms with E-state index in [0.29, 0.717) is 22.7 Å². The number of carbonyl (C=O) groups excluding carboxylic acids is 2. The van der Waals surface area contributed by atoms with E-state index < -0.39 is 28.5 Å². The van der Waals surface area contributed by atoms with Crippen LogP contribution in [0.5, 0.6) is 0 Å². The number of hydrogen-bond donors (Lipinski definition) is 1. The summed E-state index contributed by atoms with van der Waals surface area (Å²) in [5, 5.41) is 3.45. The number of aryl methyl sites for hydroxylation is 3. The van der Waals surface area contributed by atoms with Gasteiger partial charge in [-0.1, -0.05) is 73.0 Å². The minimum atomic E-state index is -4.15. The van der Waals surface area contributed by atoms with Gasteiger partial charge in [-0.05, 0) is 82.0 Å². The number of nitrogens with one attached hydrogen (secondary N) is 1. The number of hydrogen-bond acceptors (Lipinski definition) is 4. The molecule has 0 saturated carbocycles. The van der Waals surface area contributed by atoms with Gasteiger partial charge in [0.1, 0.15) is 12.6 Å². The molecular weight excluding hydrogens is 558 g/mol. The number of rotatable bonds is 12. The predicted molar refractivity (Wildman–Crippen MR) is 166 cm³/mol. The van der Waals surface area contributed by atoms with Crippen LogP contribution in [-0.4, -0.2) is 43.8 Å². The third-order valence-corrected chi connectivity index (χ3v) is 9.18. The summed E-state index contributed by atoms with van der Waals surface area (Å²) >= 11 is 6.19. The van der Waals surface area contributed by atoms with E-state index in [1.165, 1.54) is 17.0 Å². The van der Waals surface area contributed by atoms with Crippen LogP contribution in [0.2, 0.25) is 5.02 Å². The van der Waals surface area contributed by atoms with Crippen molar-refractivity contribution in [2.45, 2.75) is 77.9 Å². The van der Waals surface area contributed by atoms with E-state index in [2.05, 4.69) is 5.32 Å². The Morgan fingerprint density at radius 2 is 1.46 bits per heavy atom. The molecule has 0 aromatic heterocycles. The SMILES string of the molecule is CC[C@H](C)NC(=O)[C@H](CC)N(Cc1ccc(C)cc1)C(=O)CN(c1ccc(Cl)cc1C)S(=O)(=O)c1ccc(C)cc1. The Morgan fingerprint density at radius 1 is 0.878 bits per heavy atom. The number of sulfonamides is 1. The van der Waals surface area contributed by atoms with Gasteiger partial charge >= 0.3 is 0 Å². The molecule has 0 radical (unpaired) electrons. The number of halogens is 1. The van der Waals surface area contributed by atoms with Crippen LogP contribution in [0, 0.1) is 20.8 Å². The Balaban J connectivity index is 2.09. The van der Waals surface area contributed by atoms with Crippen molar-refractivity contribution in [2.24, 2.45) is 0 Å². The lowest BCUT2D eigenvalue weighted by molar-refractivity contribution is -0.140. The minimum Gasteiger partial charge on any atom is -0.352 e. The van der Waals surface area contributed by atoms with Gasteiger partial charge < -0.3 is 10.2 Å². The van der Waals surface area contributed by atoms with Gasteiger partial charge in [0.05, 0.1) is 10.6 Å². The van der Waals surface area contributed by atoms with Gasteiger partial charge in [-0.2, -0.15) is 0 Å². The molecule has 0 bridgehead atoms. The maximum absolute atomic E-state index is 14.2. The zero-order valence-corrected chi connectivity index (χ0v) is 26.2. The van der Waals surface area contributed by atoms with E-state index in [0.717, 1.165) is 27.4 Å². The molecule has 3 aromatic rings. The highest BCUT2D eigenvalue weighted by molar-refractivity contribution is 7.92. The number of carbonyl (C=O) groups is 2. The van der Waals surface area contributed by atoms with E-state index in [1.54, 1.807) is 37.3 Å². The maximum Gasteiger partial charge on any atom is 0.264 e. The molecule has 3 rings (SSSR count). The highest BCUT2D eigenvalue weighted by Gasteiger charge is 2.34. The van der Waals surface area contributed by atoms with Gasteiger partial charge in [-0.3, -0.25) is 13.9 Å². The molecule has 0 saturated heterocycles. The zero-order chi connectivity index (χ0) is 30.3. The number of amides is 2. The lowest BCUT2D eigenvalue weighted by Gasteiger charge is -2.34. The van der Waals surface area contributed by atoms with Gasteiger partial charge in [0, 0.05) is 17.6 Å². The molecule has 41 heavy (non-hydrogen) atoms. The predicted octanol–water partition coefficient (Wildman–Crippen LogP) is 6.18. The smallest absolute Gasteiger partial charge is 0.264 e. The molecule has 2 amide bonds.